The molecule has 2 unspecified atom stereocenters. The Balaban J connectivity index is 1.47. The Hall–Kier alpha value is -1.03. The van der Waals surface area contributed by atoms with Crippen LogP contribution in [0.15, 0.2) is 17.1 Å². The molecular weight excluding hydrogens is 260 g/mol. The standard InChI is InChI=1S/C17H30N4/c1-2-18-17(19-12-14-6-4-3-5-7-14)20-15-10-11-21(13-15)16-8-9-16/h3-4,14-16H,2,5-13H2,1H3,(H2,18,19,20). The minimum atomic E-state index is 0.578. The van der Waals surface area contributed by atoms with Crippen molar-refractivity contribution in [3.63, 3.8) is 0 Å². The summed E-state index contributed by atoms with van der Waals surface area (Å²) in [6, 6.07) is 1.47. The molecule has 0 amide bonds. The second-order valence-electron chi connectivity index (χ2n) is 6.73. The molecule has 21 heavy (non-hydrogen) atoms. The van der Waals surface area contributed by atoms with Gasteiger partial charge in [-0.2, -0.15) is 0 Å². The number of allylic oxidation sites excluding steroid dienone is 2. The maximum atomic E-state index is 4.83. The number of nitrogens with zero attached hydrogens (tertiary/aromatic N) is 2. The van der Waals surface area contributed by atoms with Crippen LogP contribution < -0.4 is 10.6 Å². The van der Waals surface area contributed by atoms with Crippen molar-refractivity contribution in [2.75, 3.05) is 26.2 Å². The summed E-state index contributed by atoms with van der Waals surface area (Å²) >= 11 is 0. The van der Waals surface area contributed by atoms with Gasteiger partial charge in [-0.15, -0.1) is 0 Å². The molecule has 3 rings (SSSR count). The molecule has 2 N–H and O–H groups in total. The van der Waals surface area contributed by atoms with Crippen molar-refractivity contribution in [2.45, 2.75) is 57.5 Å². The van der Waals surface area contributed by atoms with Crippen LogP contribution in [0.3, 0.4) is 0 Å². The Labute approximate surface area is 129 Å². The van der Waals surface area contributed by atoms with E-state index in [0.717, 1.165) is 31.0 Å². The number of hydrogen-bond acceptors (Lipinski definition) is 2. The Kier molecular flexibility index (Phi) is 5.17. The van der Waals surface area contributed by atoms with Crippen molar-refractivity contribution < 1.29 is 0 Å². The molecule has 0 bridgehead atoms. The normalized spacial score (nSPS) is 30.6. The van der Waals surface area contributed by atoms with Crippen LogP contribution in [0.25, 0.3) is 0 Å². The summed E-state index contributed by atoms with van der Waals surface area (Å²) in [5.74, 6) is 1.76. The van der Waals surface area contributed by atoms with Gasteiger partial charge in [0.15, 0.2) is 5.96 Å². The maximum Gasteiger partial charge on any atom is 0.191 e. The van der Waals surface area contributed by atoms with Crippen LogP contribution in [0.2, 0.25) is 0 Å². The summed E-state index contributed by atoms with van der Waals surface area (Å²) in [4.78, 5) is 7.47. The highest BCUT2D eigenvalue weighted by Gasteiger charge is 2.34. The molecule has 4 nitrogen and oxygen atoms in total. The highest BCUT2D eigenvalue weighted by molar-refractivity contribution is 5.80. The van der Waals surface area contributed by atoms with Crippen molar-refractivity contribution >= 4 is 5.96 Å². The topological polar surface area (TPSA) is 39.7 Å². The molecule has 1 aliphatic heterocycles. The van der Waals surface area contributed by atoms with E-state index in [1.54, 1.807) is 0 Å². The summed E-state index contributed by atoms with van der Waals surface area (Å²) in [6.45, 7) is 6.50. The Morgan fingerprint density at radius 3 is 2.86 bits per heavy atom. The third-order valence-electron chi connectivity index (χ3n) is 4.85. The van der Waals surface area contributed by atoms with E-state index < -0.39 is 0 Å². The third kappa shape index (κ3) is 4.47. The average molecular weight is 290 g/mol. The molecule has 1 saturated carbocycles. The molecular formula is C17H30N4. The monoisotopic (exact) mass is 290 g/mol. The van der Waals surface area contributed by atoms with Crippen molar-refractivity contribution in [1.29, 1.82) is 0 Å². The number of aliphatic imine (C=N–C) groups is 1. The van der Waals surface area contributed by atoms with E-state index in [1.165, 1.54) is 51.6 Å². The fourth-order valence-electron chi connectivity index (χ4n) is 3.43. The van der Waals surface area contributed by atoms with Crippen LogP contribution in [-0.4, -0.2) is 49.1 Å². The molecule has 0 aromatic rings. The van der Waals surface area contributed by atoms with Gasteiger partial charge in [0.2, 0.25) is 0 Å². The molecule has 118 valence electrons. The second kappa shape index (κ2) is 7.30. The first-order valence-electron chi connectivity index (χ1n) is 8.79. The largest absolute Gasteiger partial charge is 0.357 e. The Morgan fingerprint density at radius 2 is 2.14 bits per heavy atom. The molecule has 0 radical (unpaired) electrons. The third-order valence-corrected chi connectivity index (χ3v) is 4.85. The number of guanidine groups is 1. The summed E-state index contributed by atoms with van der Waals surface area (Å²) in [5.41, 5.74) is 0. The Bertz CT molecular complexity index is 386. The first kappa shape index (κ1) is 14.9. The van der Waals surface area contributed by atoms with Crippen molar-refractivity contribution in [3.05, 3.63) is 12.2 Å². The predicted molar refractivity (Wildman–Crippen MR) is 88.6 cm³/mol. The first-order valence-corrected chi connectivity index (χ1v) is 8.79. The minimum absolute atomic E-state index is 0.578. The second-order valence-corrected chi connectivity index (χ2v) is 6.73. The highest BCUT2D eigenvalue weighted by Crippen LogP contribution is 2.29. The molecule has 2 atom stereocenters. The molecule has 3 aliphatic rings. The lowest BCUT2D eigenvalue weighted by Crippen LogP contribution is -2.45. The number of hydrogen-bond donors (Lipinski definition) is 2. The zero-order chi connectivity index (χ0) is 14.5. The van der Waals surface area contributed by atoms with Gasteiger partial charge in [0, 0.05) is 38.3 Å². The number of nitrogens with one attached hydrogen (secondary N) is 2. The lowest BCUT2D eigenvalue weighted by atomic mass is 9.95. The number of likely N-dealkylation sites (tertiary alicyclic amines) is 1. The van der Waals surface area contributed by atoms with Gasteiger partial charge < -0.3 is 10.6 Å². The predicted octanol–water partition coefficient (Wildman–Crippen LogP) is 2.13. The fraction of sp³-hybridized carbons (Fsp3) is 0.824. The van der Waals surface area contributed by atoms with Crippen LogP contribution in [0.5, 0.6) is 0 Å². The van der Waals surface area contributed by atoms with Crippen molar-refractivity contribution in [3.8, 4) is 0 Å². The van der Waals surface area contributed by atoms with E-state index in [0.29, 0.717) is 6.04 Å². The summed E-state index contributed by atoms with van der Waals surface area (Å²) in [7, 11) is 0. The van der Waals surface area contributed by atoms with Gasteiger partial charge in [0.1, 0.15) is 0 Å². The molecule has 2 aliphatic carbocycles. The van der Waals surface area contributed by atoms with E-state index in [4.69, 9.17) is 4.99 Å². The van der Waals surface area contributed by atoms with E-state index >= 15 is 0 Å². The maximum absolute atomic E-state index is 4.83. The molecule has 0 spiro atoms. The van der Waals surface area contributed by atoms with Gasteiger partial charge in [-0.25, -0.2) is 0 Å². The molecule has 2 fully saturated rings. The van der Waals surface area contributed by atoms with Gasteiger partial charge in [-0.1, -0.05) is 12.2 Å². The summed E-state index contributed by atoms with van der Waals surface area (Å²) in [5, 5.41) is 7.06. The molecule has 0 aromatic heterocycles. The summed E-state index contributed by atoms with van der Waals surface area (Å²) < 4.78 is 0. The molecule has 1 saturated heterocycles. The van der Waals surface area contributed by atoms with E-state index in [1.807, 2.05) is 0 Å². The lowest BCUT2D eigenvalue weighted by molar-refractivity contribution is 0.321. The van der Waals surface area contributed by atoms with E-state index in [9.17, 15) is 0 Å². The van der Waals surface area contributed by atoms with Gasteiger partial charge in [0.05, 0.1) is 0 Å². The SMILES string of the molecule is CCNC(=NCC1CC=CCC1)NC1CCN(C2CC2)C1. The molecule has 1 heterocycles. The van der Waals surface area contributed by atoms with Gasteiger partial charge >= 0.3 is 0 Å². The van der Waals surface area contributed by atoms with Crippen LogP contribution in [0.4, 0.5) is 0 Å². The Morgan fingerprint density at radius 1 is 1.24 bits per heavy atom. The molecule has 0 aromatic carbocycles. The number of rotatable bonds is 5. The van der Waals surface area contributed by atoms with Crippen molar-refractivity contribution in [1.82, 2.24) is 15.5 Å². The van der Waals surface area contributed by atoms with Gasteiger partial charge in [-0.05, 0) is 51.4 Å². The van der Waals surface area contributed by atoms with Crippen LogP contribution in [0.1, 0.15) is 45.4 Å². The highest BCUT2D eigenvalue weighted by atomic mass is 15.3. The van der Waals surface area contributed by atoms with Crippen LogP contribution in [-0.2, 0) is 0 Å². The average Bonchev–Trinajstić information content (AvgIpc) is 3.26. The van der Waals surface area contributed by atoms with Gasteiger partial charge in [0.25, 0.3) is 0 Å². The van der Waals surface area contributed by atoms with Gasteiger partial charge in [-0.3, -0.25) is 9.89 Å². The summed E-state index contributed by atoms with van der Waals surface area (Å²) in [6.07, 6.45) is 12.4. The quantitative estimate of drug-likeness (QED) is 0.463. The fourth-order valence-corrected chi connectivity index (χ4v) is 3.43. The van der Waals surface area contributed by atoms with Crippen LogP contribution in [0, 0.1) is 5.92 Å². The van der Waals surface area contributed by atoms with Crippen LogP contribution >= 0.6 is 0 Å². The minimum Gasteiger partial charge on any atom is -0.357 e. The van der Waals surface area contributed by atoms with E-state index in [-0.39, 0.29) is 0 Å². The van der Waals surface area contributed by atoms with Crippen molar-refractivity contribution in [2.24, 2.45) is 10.9 Å². The molecule has 4 heteroatoms. The van der Waals surface area contributed by atoms with E-state index in [2.05, 4.69) is 34.6 Å². The zero-order valence-electron chi connectivity index (χ0n) is 13.4. The smallest absolute Gasteiger partial charge is 0.191 e. The zero-order valence-corrected chi connectivity index (χ0v) is 13.4. The first-order chi connectivity index (χ1) is 10.3. The lowest BCUT2D eigenvalue weighted by Gasteiger charge is -2.20.